The van der Waals surface area contributed by atoms with Gasteiger partial charge >= 0.3 is 0 Å². The highest BCUT2D eigenvalue weighted by Gasteiger charge is 2.21. The van der Waals surface area contributed by atoms with E-state index in [4.69, 9.17) is 4.74 Å². The predicted molar refractivity (Wildman–Crippen MR) is 65.0 cm³/mol. The summed E-state index contributed by atoms with van der Waals surface area (Å²) in [6, 6.07) is 4.07. The van der Waals surface area contributed by atoms with E-state index < -0.39 is 11.6 Å². The van der Waals surface area contributed by atoms with Crippen molar-refractivity contribution in [2.75, 3.05) is 19.7 Å². The molecule has 1 aliphatic rings. The zero-order valence-corrected chi connectivity index (χ0v) is 10.1. The molecule has 100 valence electrons. The van der Waals surface area contributed by atoms with Crippen molar-refractivity contribution in [2.24, 2.45) is 0 Å². The first-order chi connectivity index (χ1) is 9.27. The van der Waals surface area contributed by atoms with Crippen LogP contribution in [0, 0.1) is 11.6 Å². The monoisotopic (exact) mass is 265 g/mol. The van der Waals surface area contributed by atoms with Crippen molar-refractivity contribution in [3.05, 3.63) is 48.1 Å². The maximum Gasteiger partial charge on any atom is 0.182 e. The Balaban J connectivity index is 2.01. The Hall–Kier alpha value is -1.79. The van der Waals surface area contributed by atoms with E-state index in [0.717, 1.165) is 12.6 Å². The number of hydrogen-bond donors (Lipinski definition) is 1. The number of benzene rings is 1. The van der Waals surface area contributed by atoms with Crippen LogP contribution in [0.4, 0.5) is 8.78 Å². The Bertz CT molecular complexity index is 579. The van der Waals surface area contributed by atoms with Gasteiger partial charge < -0.3 is 10.1 Å². The summed E-state index contributed by atoms with van der Waals surface area (Å²) in [5, 5.41) is 3.19. The highest BCUT2D eigenvalue weighted by molar-refractivity contribution is 5.36. The number of nitrogens with one attached hydrogen (secondary N) is 1. The first-order valence-corrected chi connectivity index (χ1v) is 6.06. The van der Waals surface area contributed by atoms with Gasteiger partial charge in [-0.1, -0.05) is 6.07 Å². The van der Waals surface area contributed by atoms with Gasteiger partial charge in [0.1, 0.15) is 6.10 Å². The fraction of sp³-hybridized carbons (Fsp3) is 0.308. The van der Waals surface area contributed by atoms with E-state index in [-0.39, 0.29) is 11.8 Å². The van der Waals surface area contributed by atoms with E-state index in [1.54, 1.807) is 6.20 Å². The van der Waals surface area contributed by atoms with Crippen LogP contribution in [-0.2, 0) is 4.74 Å². The Morgan fingerprint density at radius 1 is 1.37 bits per heavy atom. The minimum absolute atomic E-state index is 0.140. The number of hydrogen-bond acceptors (Lipinski definition) is 3. The topological polar surface area (TPSA) is 39.1 Å². The van der Waals surface area contributed by atoms with Crippen LogP contribution in [0.25, 0.3) is 5.69 Å². The summed E-state index contributed by atoms with van der Waals surface area (Å²) in [5.41, 5.74) is 0.846. The van der Waals surface area contributed by atoms with Gasteiger partial charge in [0.05, 0.1) is 30.5 Å². The summed E-state index contributed by atoms with van der Waals surface area (Å²) >= 11 is 0. The van der Waals surface area contributed by atoms with E-state index in [1.165, 1.54) is 23.0 Å². The number of nitrogens with zero attached hydrogens (tertiary/aromatic N) is 2. The SMILES string of the molecule is Fc1cccc(-n2cncc2C2CNCCO2)c1F. The molecule has 1 unspecified atom stereocenters. The van der Waals surface area contributed by atoms with Crippen molar-refractivity contribution in [2.45, 2.75) is 6.10 Å². The van der Waals surface area contributed by atoms with Gasteiger partial charge in [-0.05, 0) is 12.1 Å². The van der Waals surface area contributed by atoms with Crippen LogP contribution in [0.2, 0.25) is 0 Å². The third-order valence-electron chi connectivity index (χ3n) is 3.12. The van der Waals surface area contributed by atoms with E-state index in [9.17, 15) is 8.78 Å². The van der Waals surface area contributed by atoms with Gasteiger partial charge in [-0.15, -0.1) is 0 Å². The van der Waals surface area contributed by atoms with Crippen LogP contribution >= 0.6 is 0 Å². The Labute approximate surface area is 109 Å². The standard InChI is InChI=1S/C13H13F2N3O/c14-9-2-1-3-10(13(9)15)18-8-17-6-11(18)12-7-16-4-5-19-12/h1-3,6,8,12,16H,4-5,7H2. The number of halogens is 2. The van der Waals surface area contributed by atoms with Gasteiger partial charge in [0.25, 0.3) is 0 Å². The second kappa shape index (κ2) is 5.07. The number of morpholine rings is 1. The van der Waals surface area contributed by atoms with Gasteiger partial charge in [0.2, 0.25) is 0 Å². The number of aromatic nitrogens is 2. The van der Waals surface area contributed by atoms with Crippen LogP contribution in [0.5, 0.6) is 0 Å². The van der Waals surface area contributed by atoms with Gasteiger partial charge in [-0.3, -0.25) is 4.57 Å². The molecule has 0 bridgehead atoms. The van der Waals surface area contributed by atoms with Crippen molar-refractivity contribution in [3.8, 4) is 5.69 Å². The van der Waals surface area contributed by atoms with Gasteiger partial charge in [0, 0.05) is 13.1 Å². The number of rotatable bonds is 2. The average molecular weight is 265 g/mol. The summed E-state index contributed by atoms with van der Waals surface area (Å²) in [6.07, 6.45) is 2.87. The largest absolute Gasteiger partial charge is 0.369 e. The zero-order chi connectivity index (χ0) is 13.2. The Morgan fingerprint density at radius 3 is 3.05 bits per heavy atom. The lowest BCUT2D eigenvalue weighted by Gasteiger charge is -2.24. The molecule has 1 aliphatic heterocycles. The molecule has 2 aromatic rings. The quantitative estimate of drug-likeness (QED) is 0.900. The molecule has 1 saturated heterocycles. The molecule has 0 saturated carbocycles. The van der Waals surface area contributed by atoms with Crippen molar-refractivity contribution in [1.29, 1.82) is 0 Å². The van der Waals surface area contributed by atoms with Crippen LogP contribution in [-0.4, -0.2) is 29.2 Å². The predicted octanol–water partition coefficient (Wildman–Crippen LogP) is 1.81. The first-order valence-electron chi connectivity index (χ1n) is 6.06. The molecule has 0 radical (unpaired) electrons. The van der Waals surface area contributed by atoms with Crippen LogP contribution < -0.4 is 5.32 Å². The van der Waals surface area contributed by atoms with E-state index in [0.29, 0.717) is 18.8 Å². The lowest BCUT2D eigenvalue weighted by atomic mass is 10.2. The minimum atomic E-state index is -0.884. The van der Waals surface area contributed by atoms with E-state index in [2.05, 4.69) is 10.3 Å². The van der Waals surface area contributed by atoms with Crippen molar-refractivity contribution < 1.29 is 13.5 Å². The van der Waals surface area contributed by atoms with E-state index >= 15 is 0 Å². The normalized spacial score (nSPS) is 19.6. The molecule has 0 amide bonds. The minimum Gasteiger partial charge on any atom is -0.369 e. The maximum absolute atomic E-state index is 13.8. The van der Waals surface area contributed by atoms with Gasteiger partial charge in [-0.25, -0.2) is 13.8 Å². The molecular formula is C13H13F2N3O. The fourth-order valence-corrected chi connectivity index (χ4v) is 2.18. The molecule has 1 aromatic heterocycles. The molecule has 4 nitrogen and oxygen atoms in total. The molecule has 1 N–H and O–H groups in total. The summed E-state index contributed by atoms with van der Waals surface area (Å²) in [6.45, 7) is 2.00. The lowest BCUT2D eigenvalue weighted by Crippen LogP contribution is -2.34. The molecular weight excluding hydrogens is 252 g/mol. The molecule has 1 aromatic carbocycles. The third kappa shape index (κ3) is 2.24. The third-order valence-corrected chi connectivity index (χ3v) is 3.12. The summed E-state index contributed by atoms with van der Waals surface area (Å²) < 4.78 is 34.3. The molecule has 2 heterocycles. The van der Waals surface area contributed by atoms with Gasteiger partial charge in [-0.2, -0.15) is 0 Å². The molecule has 0 spiro atoms. The Kier molecular flexibility index (Phi) is 3.27. The summed E-state index contributed by atoms with van der Waals surface area (Å²) in [5.74, 6) is -1.76. The second-order valence-corrected chi connectivity index (χ2v) is 4.33. The van der Waals surface area contributed by atoms with Crippen LogP contribution in [0.1, 0.15) is 11.8 Å². The molecule has 6 heteroatoms. The highest BCUT2D eigenvalue weighted by Crippen LogP contribution is 2.24. The summed E-state index contributed by atoms with van der Waals surface area (Å²) in [4.78, 5) is 4.01. The lowest BCUT2D eigenvalue weighted by molar-refractivity contribution is 0.0240. The molecule has 3 rings (SSSR count). The fourth-order valence-electron chi connectivity index (χ4n) is 2.18. The summed E-state index contributed by atoms with van der Waals surface area (Å²) in [7, 11) is 0. The smallest absolute Gasteiger partial charge is 0.182 e. The van der Waals surface area contributed by atoms with Crippen LogP contribution in [0.15, 0.2) is 30.7 Å². The molecule has 1 fully saturated rings. The number of imidazole rings is 1. The first kappa shape index (κ1) is 12.3. The molecule has 19 heavy (non-hydrogen) atoms. The van der Waals surface area contributed by atoms with E-state index in [1.807, 2.05) is 0 Å². The van der Waals surface area contributed by atoms with Gasteiger partial charge in [0.15, 0.2) is 11.6 Å². The molecule has 1 atom stereocenters. The van der Waals surface area contributed by atoms with Crippen molar-refractivity contribution >= 4 is 0 Å². The zero-order valence-electron chi connectivity index (χ0n) is 10.1. The van der Waals surface area contributed by atoms with Crippen molar-refractivity contribution in [3.63, 3.8) is 0 Å². The average Bonchev–Trinajstić information content (AvgIpc) is 2.92. The second-order valence-electron chi connectivity index (χ2n) is 4.33. The highest BCUT2D eigenvalue weighted by atomic mass is 19.2. The van der Waals surface area contributed by atoms with Crippen LogP contribution in [0.3, 0.4) is 0 Å². The van der Waals surface area contributed by atoms with Crippen molar-refractivity contribution in [1.82, 2.24) is 14.9 Å². The number of ether oxygens (including phenoxy) is 1. The Morgan fingerprint density at radius 2 is 2.26 bits per heavy atom. The maximum atomic E-state index is 13.8. The molecule has 0 aliphatic carbocycles.